The minimum absolute atomic E-state index is 0.00117. The molecule has 2 atom stereocenters. The molecular weight excluding hydrogens is 500 g/mol. The van der Waals surface area contributed by atoms with Crippen LogP contribution in [0.2, 0.25) is 0 Å². The van der Waals surface area contributed by atoms with Gasteiger partial charge in [-0.15, -0.1) is 0 Å². The van der Waals surface area contributed by atoms with Gasteiger partial charge in [0.2, 0.25) is 16.3 Å². The number of benzene rings is 2. The number of aliphatic hydroxyl groups excluding tert-OH is 1. The molecule has 0 fully saturated rings. The minimum Gasteiger partial charge on any atom is -0.497 e. The number of hydrogen-bond donors (Lipinski definition) is 1. The average Bonchev–Trinajstić information content (AvgIpc) is 2.92. The molecule has 0 spiro atoms. The summed E-state index contributed by atoms with van der Waals surface area (Å²) in [4.78, 5) is 14.2. The van der Waals surface area contributed by atoms with E-state index in [4.69, 9.17) is 18.9 Å². The van der Waals surface area contributed by atoms with Crippen molar-refractivity contribution in [3.05, 3.63) is 65.9 Å². The molecule has 1 heterocycles. The van der Waals surface area contributed by atoms with Gasteiger partial charge in [0.25, 0.3) is 5.91 Å². The molecule has 1 aliphatic heterocycles. The van der Waals surface area contributed by atoms with Gasteiger partial charge in [0.05, 0.1) is 32.3 Å². The monoisotopic (exact) mass is 534 g/mol. The van der Waals surface area contributed by atoms with Crippen LogP contribution in [0.1, 0.15) is 17.9 Å². The van der Waals surface area contributed by atoms with Crippen molar-refractivity contribution in [1.29, 1.82) is 0 Å². The lowest BCUT2D eigenvalue weighted by Crippen LogP contribution is -2.38. The van der Waals surface area contributed by atoms with Crippen LogP contribution in [-0.2, 0) is 24.3 Å². The van der Waals surface area contributed by atoms with Crippen LogP contribution in [0.4, 0.5) is 0 Å². The highest BCUT2D eigenvalue weighted by atomic mass is 32.2. The first kappa shape index (κ1) is 28.5. The van der Waals surface area contributed by atoms with Crippen LogP contribution in [0.3, 0.4) is 0 Å². The summed E-state index contributed by atoms with van der Waals surface area (Å²) in [5.74, 6) is 0.975. The maximum absolute atomic E-state index is 13.1. The van der Waals surface area contributed by atoms with E-state index in [0.717, 1.165) is 15.6 Å². The fraction of sp³-hybridized carbons (Fsp3) is 0.423. The van der Waals surface area contributed by atoms with E-state index in [0.29, 0.717) is 12.2 Å². The maximum atomic E-state index is 13.1. The first-order valence-electron chi connectivity index (χ1n) is 11.8. The zero-order valence-corrected chi connectivity index (χ0v) is 22.3. The summed E-state index contributed by atoms with van der Waals surface area (Å²) in [6.07, 6.45) is 1.44. The van der Waals surface area contributed by atoms with E-state index in [9.17, 15) is 18.3 Å². The summed E-state index contributed by atoms with van der Waals surface area (Å²) >= 11 is 0. The number of ether oxygens (including phenoxy) is 4. The molecule has 10 nitrogen and oxygen atoms in total. The highest BCUT2D eigenvalue weighted by Gasteiger charge is 2.30. The number of nitrogens with zero attached hydrogens (tertiary/aromatic N) is 2. The molecule has 37 heavy (non-hydrogen) atoms. The molecule has 0 bridgehead atoms. The van der Waals surface area contributed by atoms with E-state index in [1.165, 1.54) is 24.1 Å². The molecule has 3 rings (SSSR count). The van der Waals surface area contributed by atoms with Gasteiger partial charge in [-0.3, -0.25) is 4.79 Å². The predicted molar refractivity (Wildman–Crippen MR) is 137 cm³/mol. The third-order valence-electron chi connectivity index (χ3n) is 5.91. The Morgan fingerprint density at radius 3 is 2.14 bits per heavy atom. The predicted octanol–water partition coefficient (Wildman–Crippen LogP) is 2.21. The normalized spacial score (nSPS) is 17.6. The second-order valence-corrected chi connectivity index (χ2v) is 10.5. The zero-order chi connectivity index (χ0) is 27.0. The van der Waals surface area contributed by atoms with Gasteiger partial charge >= 0.3 is 0 Å². The van der Waals surface area contributed by atoms with Gasteiger partial charge in [0, 0.05) is 39.5 Å². The van der Waals surface area contributed by atoms with Crippen molar-refractivity contribution in [2.75, 3.05) is 54.6 Å². The highest BCUT2D eigenvalue weighted by molar-refractivity contribution is 7.89. The molecule has 2 aromatic rings. The maximum Gasteiger partial charge on any atom is 0.288 e. The molecule has 1 N–H and O–H groups in total. The Labute approximate surface area is 218 Å². The Morgan fingerprint density at radius 1 is 1.00 bits per heavy atom. The minimum atomic E-state index is -3.87. The Kier molecular flexibility index (Phi) is 9.93. The second kappa shape index (κ2) is 12.9. The Balaban J connectivity index is 1.72. The van der Waals surface area contributed by atoms with Crippen molar-refractivity contribution in [2.24, 2.45) is 0 Å². The van der Waals surface area contributed by atoms with Gasteiger partial charge in [0.1, 0.15) is 11.5 Å². The zero-order valence-electron chi connectivity index (χ0n) is 21.5. The lowest BCUT2D eigenvalue weighted by atomic mass is 9.93. The van der Waals surface area contributed by atoms with Crippen LogP contribution in [0.25, 0.3) is 0 Å². The first-order valence-corrected chi connectivity index (χ1v) is 13.2. The summed E-state index contributed by atoms with van der Waals surface area (Å²) < 4.78 is 49.5. The van der Waals surface area contributed by atoms with Crippen LogP contribution in [-0.4, -0.2) is 89.5 Å². The molecule has 202 valence electrons. The third kappa shape index (κ3) is 7.22. The first-order chi connectivity index (χ1) is 17.7. The van der Waals surface area contributed by atoms with Crippen molar-refractivity contribution in [2.45, 2.75) is 23.5 Å². The van der Waals surface area contributed by atoms with Gasteiger partial charge in [-0.2, -0.15) is 4.31 Å². The molecule has 0 saturated carbocycles. The molecule has 1 aliphatic rings. The number of likely N-dealkylation sites (N-methyl/N-ethyl adjacent to an activating group) is 1. The van der Waals surface area contributed by atoms with E-state index < -0.39 is 16.3 Å². The quantitative estimate of drug-likeness (QED) is 0.441. The Morgan fingerprint density at radius 2 is 1.59 bits per heavy atom. The fourth-order valence-electron chi connectivity index (χ4n) is 3.86. The Bertz CT molecular complexity index is 1160. The van der Waals surface area contributed by atoms with Crippen LogP contribution >= 0.6 is 0 Å². The largest absolute Gasteiger partial charge is 0.497 e. The van der Waals surface area contributed by atoms with Crippen molar-refractivity contribution >= 4 is 15.9 Å². The number of hydrogen-bond acceptors (Lipinski definition) is 8. The van der Waals surface area contributed by atoms with Gasteiger partial charge in [-0.25, -0.2) is 8.42 Å². The molecule has 0 saturated heterocycles. The van der Waals surface area contributed by atoms with Crippen LogP contribution in [0.15, 0.2) is 65.3 Å². The molecular formula is C26H34N2O8S. The summed E-state index contributed by atoms with van der Waals surface area (Å²) in [5, 5.41) is 9.47. The number of carbonyl (C=O) groups is 1. The number of allylic oxidation sites excluding steroid dienone is 1. The van der Waals surface area contributed by atoms with Gasteiger partial charge in [-0.05, 0) is 48.0 Å². The molecule has 11 heteroatoms. The number of sulfonamides is 1. The van der Waals surface area contributed by atoms with Gasteiger partial charge in [-0.1, -0.05) is 12.1 Å². The summed E-state index contributed by atoms with van der Waals surface area (Å²) in [5.41, 5.74) is 0.964. The van der Waals surface area contributed by atoms with Gasteiger partial charge in [0.15, 0.2) is 5.76 Å². The van der Waals surface area contributed by atoms with Crippen molar-refractivity contribution in [1.82, 2.24) is 9.21 Å². The van der Waals surface area contributed by atoms with E-state index in [-0.39, 0.29) is 48.8 Å². The number of carbonyl (C=O) groups excluding carboxylic acids is 1. The van der Waals surface area contributed by atoms with E-state index in [2.05, 4.69) is 0 Å². The lowest BCUT2D eigenvalue weighted by Gasteiger charge is -2.31. The molecule has 0 aliphatic carbocycles. The average molecular weight is 535 g/mol. The smallest absolute Gasteiger partial charge is 0.288 e. The standard InChI is InChI=1S/C26H34N2O8S/c1-27(2)26(30)24-17-20(19-5-7-21(33-3)8-6-19)18-25(36-24)35-16-14-28(13-15-29)37(31,32)23-11-9-22(34-4)10-12-23/h5-12,17,20,25,29H,13-16,18H2,1-4H3/t20-,25+/m0/s1. The topological polar surface area (TPSA) is 115 Å². The Hall–Kier alpha value is -3.12. The second-order valence-electron chi connectivity index (χ2n) is 8.57. The van der Waals surface area contributed by atoms with Crippen molar-refractivity contribution in [3.63, 3.8) is 0 Å². The fourth-order valence-corrected chi connectivity index (χ4v) is 5.28. The van der Waals surface area contributed by atoms with Crippen molar-refractivity contribution in [3.8, 4) is 11.5 Å². The summed E-state index contributed by atoms with van der Waals surface area (Å²) in [6.45, 7) is -0.456. The third-order valence-corrected chi connectivity index (χ3v) is 7.82. The summed E-state index contributed by atoms with van der Waals surface area (Å²) in [7, 11) is 2.49. The molecule has 0 aromatic heterocycles. The number of amides is 1. The van der Waals surface area contributed by atoms with Gasteiger partial charge < -0.3 is 29.0 Å². The number of methoxy groups -OCH3 is 2. The molecule has 1 amide bonds. The number of aliphatic hydroxyl groups is 1. The molecule has 2 aromatic carbocycles. The SMILES string of the molecule is COc1ccc([C@H]2C=C(C(=O)N(C)C)O[C@@H](OCCN(CCO)S(=O)(=O)c3ccc(OC)cc3)C2)cc1. The van der Waals surface area contributed by atoms with Crippen LogP contribution in [0.5, 0.6) is 11.5 Å². The highest BCUT2D eigenvalue weighted by Crippen LogP contribution is 2.33. The van der Waals surface area contributed by atoms with E-state index >= 15 is 0 Å². The number of rotatable bonds is 12. The summed E-state index contributed by atoms with van der Waals surface area (Å²) in [6, 6.07) is 13.6. The lowest BCUT2D eigenvalue weighted by molar-refractivity contribution is -0.151. The van der Waals surface area contributed by atoms with E-state index in [1.54, 1.807) is 39.4 Å². The van der Waals surface area contributed by atoms with Crippen LogP contribution < -0.4 is 9.47 Å². The van der Waals surface area contributed by atoms with Crippen molar-refractivity contribution < 1.29 is 37.3 Å². The van der Waals surface area contributed by atoms with E-state index in [1.807, 2.05) is 24.3 Å². The molecule has 0 unspecified atom stereocenters. The van der Waals surface area contributed by atoms with Crippen LogP contribution in [0, 0.1) is 0 Å². The molecule has 0 radical (unpaired) electrons.